The summed E-state index contributed by atoms with van der Waals surface area (Å²) in [5, 5.41) is 20.3. The minimum absolute atomic E-state index is 0.119. The van der Waals surface area contributed by atoms with Crippen LogP contribution in [0.3, 0.4) is 0 Å². The molecular formula is C10H14N5O9P2+. The Kier molecular flexibility index (Phi) is 5.30. The maximum absolute atomic E-state index is 11.3. The van der Waals surface area contributed by atoms with Gasteiger partial charge in [-0.05, 0) is 4.31 Å². The number of nitrogens with zero attached hydrogens (tertiary/aromatic N) is 4. The highest BCUT2D eigenvalue weighted by atomic mass is 31.2. The van der Waals surface area contributed by atoms with E-state index in [9.17, 15) is 19.3 Å². The zero-order chi connectivity index (χ0) is 19.1. The number of nitrogens with two attached hydrogens (primary N) is 1. The van der Waals surface area contributed by atoms with Gasteiger partial charge in [0, 0.05) is 4.57 Å². The number of aliphatic hydroxyl groups is 2. The van der Waals surface area contributed by atoms with Gasteiger partial charge in [0.05, 0.1) is 6.33 Å². The van der Waals surface area contributed by atoms with Crippen LogP contribution in [0.5, 0.6) is 0 Å². The molecule has 142 valence electrons. The molecule has 0 radical (unpaired) electrons. The molecule has 0 saturated carbocycles. The third-order valence-corrected chi connectivity index (χ3v) is 5.26. The summed E-state index contributed by atoms with van der Waals surface area (Å²) >= 11 is 0. The summed E-state index contributed by atoms with van der Waals surface area (Å²) < 4.78 is 37.1. The second-order valence-electron chi connectivity index (χ2n) is 5.22. The highest BCUT2D eigenvalue weighted by molar-refractivity contribution is 7.55. The van der Waals surface area contributed by atoms with Crippen LogP contribution in [0.2, 0.25) is 0 Å². The van der Waals surface area contributed by atoms with Gasteiger partial charge in [0.2, 0.25) is 0 Å². The van der Waals surface area contributed by atoms with Crippen LogP contribution in [0.25, 0.3) is 11.2 Å². The first-order valence-corrected chi connectivity index (χ1v) is 9.60. The SMILES string of the molecule is Nc1ncnc2c1ncn2[C@@H]1O[C@H](CO[P+](=O)OP(=O)(O)O)[C@@H](O)[C@H]1O. The molecule has 16 heteroatoms. The molecule has 5 atom stereocenters. The predicted molar refractivity (Wildman–Crippen MR) is 82.3 cm³/mol. The van der Waals surface area contributed by atoms with E-state index in [1.165, 1.54) is 17.2 Å². The van der Waals surface area contributed by atoms with Gasteiger partial charge in [0.15, 0.2) is 17.7 Å². The van der Waals surface area contributed by atoms with Crippen molar-refractivity contribution in [3.05, 3.63) is 12.7 Å². The lowest BCUT2D eigenvalue weighted by molar-refractivity contribution is -0.0476. The van der Waals surface area contributed by atoms with Crippen molar-refractivity contribution in [1.29, 1.82) is 0 Å². The Morgan fingerprint density at radius 2 is 2.04 bits per heavy atom. The van der Waals surface area contributed by atoms with E-state index < -0.39 is 47.2 Å². The molecule has 14 nitrogen and oxygen atoms in total. The summed E-state index contributed by atoms with van der Waals surface area (Å²) in [5.41, 5.74) is 6.21. The Morgan fingerprint density at radius 1 is 1.31 bits per heavy atom. The Bertz CT molecular complexity index is 872. The molecule has 3 rings (SSSR count). The van der Waals surface area contributed by atoms with E-state index in [1.54, 1.807) is 0 Å². The molecule has 1 saturated heterocycles. The van der Waals surface area contributed by atoms with Crippen molar-refractivity contribution in [1.82, 2.24) is 19.5 Å². The summed E-state index contributed by atoms with van der Waals surface area (Å²) in [5.74, 6) is 0.119. The maximum atomic E-state index is 11.3. The average molecular weight is 410 g/mol. The largest absolute Gasteiger partial charge is 0.708 e. The lowest BCUT2D eigenvalue weighted by Crippen LogP contribution is -2.33. The molecule has 1 fully saturated rings. The van der Waals surface area contributed by atoms with Crippen molar-refractivity contribution in [2.24, 2.45) is 0 Å². The van der Waals surface area contributed by atoms with E-state index in [1.807, 2.05) is 0 Å². The summed E-state index contributed by atoms with van der Waals surface area (Å²) in [7, 11) is -8.15. The van der Waals surface area contributed by atoms with Gasteiger partial charge in [0.1, 0.15) is 36.8 Å². The average Bonchev–Trinajstić information content (AvgIpc) is 3.08. The quantitative estimate of drug-likeness (QED) is 0.355. The number of aliphatic hydroxyl groups excluding tert-OH is 2. The second-order valence-corrected chi connectivity index (χ2v) is 7.56. The van der Waals surface area contributed by atoms with Gasteiger partial charge in [-0.25, -0.2) is 19.5 Å². The second kappa shape index (κ2) is 7.19. The fourth-order valence-electron chi connectivity index (χ4n) is 2.40. The van der Waals surface area contributed by atoms with Crippen molar-refractivity contribution < 1.29 is 42.7 Å². The van der Waals surface area contributed by atoms with Gasteiger partial charge < -0.3 is 30.5 Å². The summed E-state index contributed by atoms with van der Waals surface area (Å²) in [6.07, 6.45) is -2.66. The summed E-state index contributed by atoms with van der Waals surface area (Å²) in [6.45, 7) is -0.562. The van der Waals surface area contributed by atoms with E-state index in [2.05, 4.69) is 23.8 Å². The molecule has 2 aromatic heterocycles. The number of aromatic nitrogens is 4. The number of hydrogen-bond acceptors (Lipinski definition) is 11. The Balaban J connectivity index is 1.72. The fourth-order valence-corrected chi connectivity index (χ4v) is 3.55. The van der Waals surface area contributed by atoms with Crippen molar-refractivity contribution in [2.75, 3.05) is 12.3 Å². The standard InChI is InChI=1S/C10H13N5O9P2/c11-8-5-9(13-2-12-8)15(3-14-5)10-7(17)6(16)4(23-10)1-22-25(18)24-26(19,20)21/h2-4,6-7,10,16-17H,1H2,(H3-,11,12,13,19,20,21)/p+1/t4-,6-,7-,10-/m1/s1. The van der Waals surface area contributed by atoms with Crippen LogP contribution in [0.4, 0.5) is 5.82 Å². The number of rotatable bonds is 6. The van der Waals surface area contributed by atoms with E-state index in [0.29, 0.717) is 0 Å². The molecular weight excluding hydrogens is 396 g/mol. The molecule has 2 aromatic rings. The van der Waals surface area contributed by atoms with Crippen molar-refractivity contribution in [3.63, 3.8) is 0 Å². The van der Waals surface area contributed by atoms with Crippen LogP contribution in [0.15, 0.2) is 12.7 Å². The lowest BCUT2D eigenvalue weighted by Gasteiger charge is -2.16. The minimum atomic E-state index is -4.99. The topological polar surface area (TPSA) is 212 Å². The normalized spacial score (nSPS) is 27.2. The number of anilines is 1. The van der Waals surface area contributed by atoms with E-state index in [4.69, 9.17) is 20.3 Å². The van der Waals surface area contributed by atoms with Crippen molar-refractivity contribution >= 4 is 33.1 Å². The molecule has 0 bridgehead atoms. The molecule has 0 spiro atoms. The first-order valence-electron chi connectivity index (χ1n) is 6.97. The van der Waals surface area contributed by atoms with E-state index in [0.717, 1.165) is 0 Å². The van der Waals surface area contributed by atoms with Gasteiger partial charge >= 0.3 is 16.1 Å². The Labute approximate surface area is 145 Å². The number of fused-ring (bicyclic) bond motifs is 1. The number of ether oxygens (including phenoxy) is 1. The zero-order valence-corrected chi connectivity index (χ0v) is 14.6. The Hall–Kier alpha value is -1.60. The van der Waals surface area contributed by atoms with Crippen LogP contribution in [-0.2, 0) is 22.7 Å². The Morgan fingerprint density at radius 3 is 2.73 bits per heavy atom. The number of imidazole rings is 1. The van der Waals surface area contributed by atoms with Crippen LogP contribution in [0, 0.1) is 0 Å². The highest BCUT2D eigenvalue weighted by Gasteiger charge is 2.46. The van der Waals surface area contributed by atoms with Crippen LogP contribution in [0.1, 0.15) is 6.23 Å². The molecule has 6 N–H and O–H groups in total. The van der Waals surface area contributed by atoms with Gasteiger partial charge in [0.25, 0.3) is 0 Å². The third-order valence-electron chi connectivity index (χ3n) is 3.52. The van der Waals surface area contributed by atoms with Gasteiger partial charge in [-0.3, -0.25) is 4.57 Å². The van der Waals surface area contributed by atoms with E-state index >= 15 is 0 Å². The highest BCUT2D eigenvalue weighted by Crippen LogP contribution is 2.48. The molecule has 3 heterocycles. The number of nitrogen functional groups attached to an aromatic ring is 1. The minimum Gasteiger partial charge on any atom is -0.387 e. The van der Waals surface area contributed by atoms with Crippen LogP contribution < -0.4 is 5.73 Å². The molecule has 1 aliphatic rings. The number of hydrogen-bond donors (Lipinski definition) is 5. The molecule has 1 aliphatic heterocycles. The molecule has 0 amide bonds. The summed E-state index contributed by atoms with van der Waals surface area (Å²) in [6, 6.07) is 0. The van der Waals surface area contributed by atoms with Gasteiger partial charge in [-0.1, -0.05) is 0 Å². The predicted octanol–water partition coefficient (Wildman–Crippen LogP) is -1.19. The number of phosphoric acid groups is 1. The van der Waals surface area contributed by atoms with Crippen molar-refractivity contribution in [3.8, 4) is 0 Å². The van der Waals surface area contributed by atoms with Crippen LogP contribution >= 0.6 is 16.1 Å². The lowest BCUT2D eigenvalue weighted by atomic mass is 10.1. The third kappa shape index (κ3) is 3.88. The maximum Gasteiger partial charge on any atom is 0.708 e. The van der Waals surface area contributed by atoms with E-state index in [-0.39, 0.29) is 17.0 Å². The van der Waals surface area contributed by atoms with Gasteiger partial charge in [-0.15, -0.1) is 4.52 Å². The smallest absolute Gasteiger partial charge is 0.387 e. The first kappa shape index (κ1) is 19.2. The molecule has 1 unspecified atom stereocenters. The monoisotopic (exact) mass is 410 g/mol. The van der Waals surface area contributed by atoms with Crippen LogP contribution in [-0.4, -0.2) is 64.4 Å². The molecule has 26 heavy (non-hydrogen) atoms. The first-order chi connectivity index (χ1) is 12.2. The zero-order valence-electron chi connectivity index (χ0n) is 12.8. The van der Waals surface area contributed by atoms with Crippen molar-refractivity contribution in [2.45, 2.75) is 24.5 Å². The molecule has 0 aliphatic carbocycles. The fraction of sp³-hybridized carbons (Fsp3) is 0.500. The van der Waals surface area contributed by atoms with Gasteiger partial charge in [-0.2, -0.15) is 0 Å². The molecule has 0 aromatic carbocycles. The summed E-state index contributed by atoms with van der Waals surface area (Å²) in [4.78, 5) is 28.9.